The first kappa shape index (κ1) is 17.9. The van der Waals surface area contributed by atoms with Crippen LogP contribution < -0.4 is 16.2 Å². The van der Waals surface area contributed by atoms with Crippen LogP contribution in [0.5, 0.6) is 0 Å². The first-order valence-corrected chi connectivity index (χ1v) is 7.89. The standard InChI is InChI=1S/C17H16N6O4/c1-10-5-6-11(2)12(8-10)20-15-14(23(25)26)16(19-9-18-15)21-22-17(24)13-4-3-7-27-13/h3-9H,1-2H3,(H,22,24)(H2,18,19,20,21). The Bertz CT molecular complexity index is 987. The molecule has 10 heteroatoms. The number of amides is 1. The monoisotopic (exact) mass is 368 g/mol. The van der Waals surface area contributed by atoms with E-state index in [1.165, 1.54) is 12.3 Å². The summed E-state index contributed by atoms with van der Waals surface area (Å²) in [6.07, 6.45) is 2.50. The molecule has 3 N–H and O–H groups in total. The van der Waals surface area contributed by atoms with Gasteiger partial charge in [0.15, 0.2) is 5.76 Å². The number of nitrogens with zero attached hydrogens (tertiary/aromatic N) is 3. The van der Waals surface area contributed by atoms with Gasteiger partial charge < -0.3 is 9.73 Å². The summed E-state index contributed by atoms with van der Waals surface area (Å²) in [5.74, 6) is -0.717. The van der Waals surface area contributed by atoms with Gasteiger partial charge in [0.2, 0.25) is 11.6 Å². The number of carbonyl (C=O) groups excluding carboxylic acids is 1. The predicted molar refractivity (Wildman–Crippen MR) is 97.7 cm³/mol. The first-order chi connectivity index (χ1) is 13.0. The predicted octanol–water partition coefficient (Wildman–Crippen LogP) is 3.10. The normalized spacial score (nSPS) is 10.3. The highest BCUT2D eigenvalue weighted by atomic mass is 16.6. The second-order valence-electron chi connectivity index (χ2n) is 5.68. The second-order valence-corrected chi connectivity index (χ2v) is 5.68. The van der Waals surface area contributed by atoms with E-state index in [-0.39, 0.29) is 17.4 Å². The number of aromatic nitrogens is 2. The quantitative estimate of drug-likeness (QED) is 0.446. The third-order valence-corrected chi connectivity index (χ3v) is 3.69. The Morgan fingerprint density at radius 2 is 1.96 bits per heavy atom. The van der Waals surface area contributed by atoms with Crippen molar-refractivity contribution in [1.82, 2.24) is 15.4 Å². The molecule has 2 heterocycles. The Morgan fingerprint density at radius 1 is 1.19 bits per heavy atom. The SMILES string of the molecule is Cc1ccc(C)c(Nc2ncnc(NNC(=O)c3ccco3)c2[N+](=O)[O-])c1. The number of aryl methyl sites for hydroxylation is 2. The van der Waals surface area contributed by atoms with Gasteiger partial charge in [-0.15, -0.1) is 0 Å². The lowest BCUT2D eigenvalue weighted by Gasteiger charge is -2.12. The van der Waals surface area contributed by atoms with Crippen molar-refractivity contribution in [3.05, 3.63) is 69.9 Å². The molecule has 10 nitrogen and oxygen atoms in total. The molecular weight excluding hydrogens is 352 g/mol. The fourth-order valence-electron chi connectivity index (χ4n) is 2.32. The average molecular weight is 368 g/mol. The van der Waals surface area contributed by atoms with Gasteiger partial charge in [-0.05, 0) is 43.2 Å². The summed E-state index contributed by atoms with van der Waals surface area (Å²) in [4.78, 5) is 30.7. The van der Waals surface area contributed by atoms with E-state index in [2.05, 4.69) is 26.1 Å². The number of nitro groups is 1. The Balaban J connectivity index is 1.87. The van der Waals surface area contributed by atoms with Crippen molar-refractivity contribution >= 4 is 28.9 Å². The zero-order chi connectivity index (χ0) is 19.4. The van der Waals surface area contributed by atoms with Crippen molar-refractivity contribution in [1.29, 1.82) is 0 Å². The van der Waals surface area contributed by atoms with Crippen LogP contribution in [0.15, 0.2) is 47.3 Å². The minimum absolute atomic E-state index is 0.00144. The van der Waals surface area contributed by atoms with Gasteiger partial charge in [-0.1, -0.05) is 12.1 Å². The van der Waals surface area contributed by atoms with Crippen LogP contribution in [0.2, 0.25) is 0 Å². The molecule has 0 aliphatic heterocycles. The molecule has 0 atom stereocenters. The lowest BCUT2D eigenvalue weighted by Crippen LogP contribution is -2.30. The molecule has 0 bridgehead atoms. The lowest BCUT2D eigenvalue weighted by molar-refractivity contribution is -0.383. The third-order valence-electron chi connectivity index (χ3n) is 3.69. The van der Waals surface area contributed by atoms with E-state index in [9.17, 15) is 14.9 Å². The van der Waals surface area contributed by atoms with Gasteiger partial charge >= 0.3 is 11.6 Å². The number of hydrogen-bond donors (Lipinski definition) is 3. The number of benzene rings is 1. The average Bonchev–Trinajstić information content (AvgIpc) is 3.17. The molecule has 138 valence electrons. The van der Waals surface area contributed by atoms with E-state index in [4.69, 9.17) is 4.42 Å². The van der Waals surface area contributed by atoms with Crippen LogP contribution in [0.25, 0.3) is 0 Å². The molecule has 0 spiro atoms. The van der Waals surface area contributed by atoms with Gasteiger partial charge in [0.1, 0.15) is 6.33 Å². The first-order valence-electron chi connectivity index (χ1n) is 7.89. The Kier molecular flexibility index (Phi) is 4.97. The van der Waals surface area contributed by atoms with Crippen LogP contribution in [0, 0.1) is 24.0 Å². The van der Waals surface area contributed by atoms with Crippen LogP contribution >= 0.6 is 0 Å². The molecule has 0 saturated heterocycles. The van der Waals surface area contributed by atoms with Gasteiger partial charge in [-0.25, -0.2) is 9.97 Å². The second kappa shape index (κ2) is 7.52. The third kappa shape index (κ3) is 4.00. The number of anilines is 3. The highest BCUT2D eigenvalue weighted by molar-refractivity contribution is 5.92. The van der Waals surface area contributed by atoms with Crippen molar-refractivity contribution in [3.8, 4) is 0 Å². The van der Waals surface area contributed by atoms with Gasteiger partial charge in [-0.3, -0.25) is 25.8 Å². The Labute approximate surface area is 153 Å². The number of hydrogen-bond acceptors (Lipinski definition) is 8. The minimum atomic E-state index is -0.630. The summed E-state index contributed by atoms with van der Waals surface area (Å²) in [6, 6.07) is 8.69. The van der Waals surface area contributed by atoms with Gasteiger partial charge in [-0.2, -0.15) is 0 Å². The minimum Gasteiger partial charge on any atom is -0.459 e. The number of carbonyl (C=O) groups is 1. The molecule has 0 aliphatic rings. The molecule has 1 aromatic carbocycles. The number of rotatable bonds is 6. The highest BCUT2D eigenvalue weighted by Crippen LogP contribution is 2.31. The summed E-state index contributed by atoms with van der Waals surface area (Å²) in [7, 11) is 0. The smallest absolute Gasteiger partial charge is 0.355 e. The summed E-state index contributed by atoms with van der Waals surface area (Å²) in [5, 5.41) is 14.5. The maximum Gasteiger partial charge on any atom is 0.355 e. The summed E-state index contributed by atoms with van der Waals surface area (Å²) in [6.45, 7) is 3.79. The Morgan fingerprint density at radius 3 is 2.67 bits per heavy atom. The van der Waals surface area contributed by atoms with Crippen molar-refractivity contribution in [2.45, 2.75) is 13.8 Å². The zero-order valence-corrected chi connectivity index (χ0v) is 14.5. The molecule has 0 fully saturated rings. The molecule has 3 aromatic rings. The summed E-state index contributed by atoms with van der Waals surface area (Å²) >= 11 is 0. The number of nitrogens with one attached hydrogen (secondary N) is 3. The molecule has 0 saturated carbocycles. The highest BCUT2D eigenvalue weighted by Gasteiger charge is 2.24. The molecule has 1 amide bonds. The largest absolute Gasteiger partial charge is 0.459 e. The molecule has 0 radical (unpaired) electrons. The van der Waals surface area contributed by atoms with E-state index >= 15 is 0 Å². The fraction of sp³-hybridized carbons (Fsp3) is 0.118. The number of furan rings is 1. The molecule has 0 unspecified atom stereocenters. The van der Waals surface area contributed by atoms with Crippen molar-refractivity contribution in [2.24, 2.45) is 0 Å². The van der Waals surface area contributed by atoms with Crippen molar-refractivity contribution < 1.29 is 14.1 Å². The van der Waals surface area contributed by atoms with E-state index in [0.717, 1.165) is 17.5 Å². The van der Waals surface area contributed by atoms with E-state index in [1.807, 2.05) is 32.0 Å². The molecule has 27 heavy (non-hydrogen) atoms. The van der Waals surface area contributed by atoms with E-state index < -0.39 is 16.5 Å². The topological polar surface area (TPSA) is 135 Å². The van der Waals surface area contributed by atoms with Gasteiger partial charge in [0.05, 0.1) is 11.2 Å². The maximum atomic E-state index is 11.9. The van der Waals surface area contributed by atoms with Crippen molar-refractivity contribution in [3.63, 3.8) is 0 Å². The molecule has 0 aliphatic carbocycles. The van der Waals surface area contributed by atoms with E-state index in [0.29, 0.717) is 5.69 Å². The molecular formula is C17H16N6O4. The van der Waals surface area contributed by atoms with Crippen molar-refractivity contribution in [2.75, 3.05) is 10.7 Å². The molecule has 2 aromatic heterocycles. The van der Waals surface area contributed by atoms with Crippen LogP contribution in [-0.4, -0.2) is 20.8 Å². The summed E-state index contributed by atoms with van der Waals surface area (Å²) < 4.78 is 4.96. The summed E-state index contributed by atoms with van der Waals surface area (Å²) in [5.41, 5.74) is 6.91. The Hall–Kier alpha value is -3.95. The maximum absolute atomic E-state index is 11.9. The van der Waals surface area contributed by atoms with E-state index in [1.54, 1.807) is 6.07 Å². The molecule has 3 rings (SSSR count). The van der Waals surface area contributed by atoms with Crippen LogP contribution in [0.1, 0.15) is 21.7 Å². The van der Waals surface area contributed by atoms with Crippen LogP contribution in [0.4, 0.5) is 23.0 Å². The zero-order valence-electron chi connectivity index (χ0n) is 14.5. The van der Waals surface area contributed by atoms with Crippen LogP contribution in [-0.2, 0) is 0 Å². The lowest BCUT2D eigenvalue weighted by atomic mass is 10.1. The van der Waals surface area contributed by atoms with Gasteiger partial charge in [0.25, 0.3) is 0 Å². The van der Waals surface area contributed by atoms with Crippen LogP contribution in [0.3, 0.4) is 0 Å². The fourth-order valence-corrected chi connectivity index (χ4v) is 2.32. The number of hydrazine groups is 1. The van der Waals surface area contributed by atoms with Gasteiger partial charge in [0, 0.05) is 5.69 Å².